The van der Waals surface area contributed by atoms with Crippen molar-refractivity contribution in [2.45, 2.75) is 49.5 Å². The highest BCUT2D eigenvalue weighted by molar-refractivity contribution is 5.99. The highest BCUT2D eigenvalue weighted by Crippen LogP contribution is 2.46. The van der Waals surface area contributed by atoms with Gasteiger partial charge in [-0.15, -0.1) is 10.2 Å². The van der Waals surface area contributed by atoms with E-state index in [0.29, 0.717) is 5.56 Å². The quantitative estimate of drug-likeness (QED) is 0.539. The van der Waals surface area contributed by atoms with Crippen molar-refractivity contribution < 1.29 is 53.5 Å². The van der Waals surface area contributed by atoms with Crippen LogP contribution in [0.4, 0.5) is 39.5 Å². The molecule has 16 heteroatoms. The third-order valence-corrected chi connectivity index (χ3v) is 5.94. The minimum atomic E-state index is -6.46. The number of carbonyl (C=O) groups is 1. The van der Waals surface area contributed by atoms with Gasteiger partial charge in [0.15, 0.2) is 0 Å². The topological polar surface area (TPSA) is 80.5 Å². The molecule has 0 unspecified atom stereocenters. The number of nitrogens with zero attached hydrogens (tertiary/aromatic N) is 3. The van der Waals surface area contributed by atoms with Gasteiger partial charge in [-0.3, -0.25) is 4.79 Å². The molecule has 0 aliphatic carbocycles. The van der Waals surface area contributed by atoms with Crippen molar-refractivity contribution in [1.82, 2.24) is 20.4 Å². The van der Waals surface area contributed by atoms with E-state index in [1.54, 1.807) is 0 Å². The summed E-state index contributed by atoms with van der Waals surface area (Å²) in [7, 11) is 0. The van der Waals surface area contributed by atoms with E-state index in [1.807, 2.05) is 5.32 Å². The normalized spacial score (nSPS) is 21.4. The van der Waals surface area contributed by atoms with E-state index in [9.17, 15) is 44.3 Å². The summed E-state index contributed by atoms with van der Waals surface area (Å²) in [6.07, 6.45) is -9.37. The fourth-order valence-corrected chi connectivity index (χ4v) is 4.04. The van der Waals surface area contributed by atoms with Crippen LogP contribution in [-0.2, 0) is 11.3 Å². The smallest absolute Gasteiger partial charge is 0.415 e. The molecular formula is C20H17F9N4O3. The van der Waals surface area contributed by atoms with Gasteiger partial charge in [-0.05, 0) is 24.1 Å². The molecule has 36 heavy (non-hydrogen) atoms. The first kappa shape index (κ1) is 26.2. The first-order valence-electron chi connectivity index (χ1n) is 10.4. The molecule has 4 rings (SSSR count). The number of rotatable bonds is 7. The lowest BCUT2D eigenvalue weighted by Crippen LogP contribution is -2.61. The fraction of sp³-hybridized carbons (Fsp3) is 0.550. The molecule has 3 heterocycles. The number of amides is 1. The summed E-state index contributed by atoms with van der Waals surface area (Å²) in [5.41, 5.74) is 0.777. The Labute approximate surface area is 196 Å². The number of alkyl halides is 9. The number of halogens is 9. The Morgan fingerprint density at radius 2 is 1.83 bits per heavy atom. The predicted molar refractivity (Wildman–Crippen MR) is 102 cm³/mol. The van der Waals surface area contributed by atoms with Crippen LogP contribution in [0.1, 0.15) is 34.7 Å². The number of nitrogens with one attached hydrogen (secondary N) is 1. The third-order valence-electron chi connectivity index (χ3n) is 5.94. The molecule has 1 amide bonds. The predicted octanol–water partition coefficient (Wildman–Crippen LogP) is 4.21. The van der Waals surface area contributed by atoms with Crippen LogP contribution in [0.25, 0.3) is 11.5 Å². The monoisotopic (exact) mass is 532 g/mol. The maximum atomic E-state index is 13.8. The number of fused-ring (bicyclic) bond motifs is 1. The van der Waals surface area contributed by atoms with Gasteiger partial charge in [-0.1, -0.05) is 6.07 Å². The summed E-state index contributed by atoms with van der Waals surface area (Å²) in [5, 5.41) is 8.72. The van der Waals surface area contributed by atoms with Crippen molar-refractivity contribution in [2.24, 2.45) is 0 Å². The highest BCUT2D eigenvalue weighted by atomic mass is 19.4. The summed E-state index contributed by atoms with van der Waals surface area (Å²) in [6, 6.07) is 2.22. The zero-order chi connectivity index (χ0) is 26.5. The Morgan fingerprint density at radius 1 is 1.11 bits per heavy atom. The molecule has 1 fully saturated rings. The van der Waals surface area contributed by atoms with E-state index in [4.69, 9.17) is 9.15 Å². The Hall–Kier alpha value is -2.88. The molecule has 2 aromatic rings. The van der Waals surface area contributed by atoms with Crippen molar-refractivity contribution in [3.63, 3.8) is 0 Å². The highest BCUT2D eigenvalue weighted by Gasteiger charge is 2.72. The fourth-order valence-electron chi connectivity index (χ4n) is 4.04. The van der Waals surface area contributed by atoms with E-state index in [0.717, 1.165) is 0 Å². The molecule has 2 atom stereocenters. The molecule has 0 radical (unpaired) electrons. The molecule has 0 spiro atoms. The Bertz CT molecular complexity index is 1120. The second-order valence-corrected chi connectivity index (χ2v) is 8.25. The minimum Gasteiger partial charge on any atom is -0.415 e. The Morgan fingerprint density at radius 3 is 2.47 bits per heavy atom. The molecule has 0 saturated carbocycles. The summed E-state index contributed by atoms with van der Waals surface area (Å²) in [5.74, 6) is -13.5. The summed E-state index contributed by atoms with van der Waals surface area (Å²) in [4.78, 5) is 14.3. The van der Waals surface area contributed by atoms with E-state index in [2.05, 4.69) is 10.2 Å². The first-order chi connectivity index (χ1) is 16.7. The van der Waals surface area contributed by atoms with Crippen molar-refractivity contribution in [1.29, 1.82) is 0 Å². The number of aromatic nitrogens is 2. The van der Waals surface area contributed by atoms with E-state index in [1.165, 1.54) is 23.1 Å². The average Bonchev–Trinajstić information content (AvgIpc) is 3.42. The van der Waals surface area contributed by atoms with Gasteiger partial charge in [-0.25, -0.2) is 0 Å². The molecule has 1 aromatic carbocycles. The van der Waals surface area contributed by atoms with Crippen LogP contribution >= 0.6 is 0 Å². The second kappa shape index (κ2) is 9.21. The molecule has 1 N–H and O–H groups in total. The molecule has 1 aromatic heterocycles. The summed E-state index contributed by atoms with van der Waals surface area (Å²) in [6.45, 7) is -2.25. The van der Waals surface area contributed by atoms with Gasteiger partial charge in [-0.2, -0.15) is 39.5 Å². The number of carbonyl (C=O) groups excluding carboxylic acids is 1. The maximum Gasteiger partial charge on any atom is 0.459 e. The van der Waals surface area contributed by atoms with Gasteiger partial charge < -0.3 is 19.4 Å². The van der Waals surface area contributed by atoms with Crippen molar-refractivity contribution >= 4 is 5.91 Å². The molecule has 2 aliphatic rings. The molecule has 0 bridgehead atoms. The van der Waals surface area contributed by atoms with Gasteiger partial charge in [0.05, 0.1) is 25.2 Å². The Balaban J connectivity index is 1.50. The third kappa shape index (κ3) is 4.63. The van der Waals surface area contributed by atoms with Crippen molar-refractivity contribution in [2.75, 3.05) is 19.8 Å². The molecule has 198 valence electrons. The van der Waals surface area contributed by atoms with Crippen molar-refractivity contribution in [3.05, 3.63) is 35.2 Å². The lowest BCUT2D eigenvalue weighted by molar-refractivity contribution is -0.353. The van der Waals surface area contributed by atoms with E-state index in [-0.39, 0.29) is 43.2 Å². The number of hydrogen-bond acceptors (Lipinski definition) is 6. The lowest BCUT2D eigenvalue weighted by atomic mass is 10.0. The molecular weight excluding hydrogens is 515 g/mol. The van der Waals surface area contributed by atoms with Crippen LogP contribution in [0.3, 0.4) is 0 Å². The Kier molecular flexibility index (Phi) is 6.70. The maximum absolute atomic E-state index is 13.8. The van der Waals surface area contributed by atoms with Crippen LogP contribution in [0.2, 0.25) is 0 Å². The van der Waals surface area contributed by atoms with Crippen LogP contribution in [0.15, 0.2) is 22.6 Å². The lowest BCUT2D eigenvalue weighted by Gasteiger charge is -2.39. The average molecular weight is 532 g/mol. The van der Waals surface area contributed by atoms with Gasteiger partial charge >= 0.3 is 24.4 Å². The van der Waals surface area contributed by atoms with Crippen LogP contribution in [0, 0.1) is 0 Å². The number of hydrogen-bond donors (Lipinski definition) is 1. The van der Waals surface area contributed by atoms with Crippen LogP contribution in [-0.4, -0.2) is 70.9 Å². The summed E-state index contributed by atoms with van der Waals surface area (Å²) >= 11 is 0. The first-order valence-corrected chi connectivity index (χ1v) is 10.4. The number of ether oxygens (including phenoxy) is 1. The molecule has 2 aliphatic heterocycles. The van der Waals surface area contributed by atoms with Crippen LogP contribution < -0.4 is 5.32 Å². The second-order valence-electron chi connectivity index (χ2n) is 8.25. The zero-order valence-corrected chi connectivity index (χ0v) is 18.0. The van der Waals surface area contributed by atoms with Gasteiger partial charge in [0.1, 0.15) is 0 Å². The molecule has 1 saturated heterocycles. The zero-order valence-electron chi connectivity index (χ0n) is 18.0. The molecule has 7 nitrogen and oxygen atoms in total. The van der Waals surface area contributed by atoms with Gasteiger partial charge in [0.2, 0.25) is 5.89 Å². The van der Waals surface area contributed by atoms with E-state index >= 15 is 0 Å². The van der Waals surface area contributed by atoms with E-state index < -0.39 is 54.9 Å². The van der Waals surface area contributed by atoms with Gasteiger partial charge in [0, 0.05) is 24.3 Å². The summed E-state index contributed by atoms with van der Waals surface area (Å²) < 4.78 is 127. The van der Waals surface area contributed by atoms with Crippen molar-refractivity contribution in [3.8, 4) is 11.5 Å². The standard InChI is InChI=1S/C20H17F9N4O3/c21-14(22)16-32-31-15(36-16)9-1-2-10-6-33(17(34)11(10)5-9)13-3-4-35-7-12(13)30-8-18(23,24)19(25,26)20(27,28)29/h1-2,5,12-14,30H,3-4,6-8H2/t12-,13+/m0/s1. The number of benzene rings is 1. The largest absolute Gasteiger partial charge is 0.459 e. The SMILES string of the molecule is O=C1c2cc(-c3nnc(C(F)F)o3)ccc2CN1[C@@H]1CCOC[C@@H]1NCC(F)(F)C(F)(F)C(F)(F)F. The van der Waals surface area contributed by atoms with Crippen LogP contribution in [0.5, 0.6) is 0 Å². The van der Waals surface area contributed by atoms with Gasteiger partial charge in [0.25, 0.3) is 11.8 Å². The minimum absolute atomic E-state index is 0.0154.